The second-order valence-electron chi connectivity index (χ2n) is 5.76. The predicted octanol–water partition coefficient (Wildman–Crippen LogP) is 5.47. The molecule has 26 heavy (non-hydrogen) atoms. The van der Waals surface area contributed by atoms with Crippen LogP contribution in [0.15, 0.2) is 76.2 Å². The number of benzene rings is 3. The van der Waals surface area contributed by atoms with E-state index >= 15 is 0 Å². The van der Waals surface area contributed by atoms with Crippen LogP contribution in [0.5, 0.6) is 5.75 Å². The molecule has 0 bridgehead atoms. The zero-order valence-electron chi connectivity index (χ0n) is 14.1. The first-order valence-corrected chi connectivity index (χ1v) is 8.82. The highest BCUT2D eigenvalue weighted by Gasteiger charge is 2.08. The van der Waals surface area contributed by atoms with Crippen molar-refractivity contribution in [3.8, 4) is 5.75 Å². The van der Waals surface area contributed by atoms with Gasteiger partial charge in [0.15, 0.2) is 0 Å². The minimum Gasteiger partial charge on any atom is -0.507 e. The number of carbonyl (C=O) groups excluding carboxylic acids is 1. The van der Waals surface area contributed by atoms with E-state index in [0.717, 1.165) is 10.0 Å². The van der Waals surface area contributed by atoms with E-state index in [1.807, 2.05) is 43.3 Å². The number of phenolic OH excluding ortho intramolecular Hbond substituents is 1. The third kappa shape index (κ3) is 4.18. The molecule has 0 aliphatic carbocycles. The molecule has 3 aromatic rings. The summed E-state index contributed by atoms with van der Waals surface area (Å²) < 4.78 is 0.727. The molecule has 0 spiro atoms. The Balaban J connectivity index is 1.76. The monoisotopic (exact) mass is 408 g/mol. The summed E-state index contributed by atoms with van der Waals surface area (Å²) in [6, 6.07) is 19.9. The molecular formula is C21H17BrN2O2. The quantitative estimate of drug-likeness (QED) is 0.562. The van der Waals surface area contributed by atoms with Gasteiger partial charge in [0.1, 0.15) is 5.75 Å². The number of rotatable bonds is 4. The molecule has 3 rings (SSSR count). The molecule has 0 unspecified atom stereocenters. The van der Waals surface area contributed by atoms with Crippen molar-refractivity contribution in [3.63, 3.8) is 0 Å². The number of hydrogen-bond acceptors (Lipinski definition) is 3. The van der Waals surface area contributed by atoms with Gasteiger partial charge in [-0.05, 0) is 64.8 Å². The molecule has 0 atom stereocenters. The zero-order valence-corrected chi connectivity index (χ0v) is 15.7. The van der Waals surface area contributed by atoms with E-state index in [9.17, 15) is 9.90 Å². The zero-order chi connectivity index (χ0) is 18.5. The molecule has 0 saturated carbocycles. The highest BCUT2D eigenvalue weighted by Crippen LogP contribution is 2.28. The predicted molar refractivity (Wildman–Crippen MR) is 109 cm³/mol. The molecule has 5 heteroatoms. The van der Waals surface area contributed by atoms with E-state index in [2.05, 4.69) is 26.2 Å². The van der Waals surface area contributed by atoms with Crippen molar-refractivity contribution < 1.29 is 9.90 Å². The molecule has 3 aromatic carbocycles. The number of hydrogen-bond donors (Lipinski definition) is 2. The van der Waals surface area contributed by atoms with Crippen molar-refractivity contribution in [2.24, 2.45) is 4.99 Å². The number of phenols is 1. The summed E-state index contributed by atoms with van der Waals surface area (Å²) in [5.74, 6) is 0.0503. The van der Waals surface area contributed by atoms with Crippen LogP contribution < -0.4 is 5.32 Å². The Morgan fingerprint density at radius 1 is 1.08 bits per heavy atom. The van der Waals surface area contributed by atoms with Crippen LogP contribution in [-0.4, -0.2) is 17.2 Å². The number of amides is 1. The number of halogens is 1. The van der Waals surface area contributed by atoms with Crippen molar-refractivity contribution in [3.05, 3.63) is 87.9 Å². The Bertz CT molecular complexity index is 969. The Morgan fingerprint density at radius 2 is 1.85 bits per heavy atom. The highest BCUT2D eigenvalue weighted by atomic mass is 79.9. The van der Waals surface area contributed by atoms with Gasteiger partial charge in [0.2, 0.25) is 0 Å². The summed E-state index contributed by atoms with van der Waals surface area (Å²) in [4.78, 5) is 16.6. The summed E-state index contributed by atoms with van der Waals surface area (Å²) >= 11 is 3.46. The average Bonchev–Trinajstić information content (AvgIpc) is 2.65. The fraction of sp³-hybridized carbons (Fsp3) is 0.0476. The Kier molecular flexibility index (Phi) is 5.49. The normalized spacial score (nSPS) is 10.8. The van der Waals surface area contributed by atoms with Gasteiger partial charge >= 0.3 is 0 Å². The van der Waals surface area contributed by atoms with Gasteiger partial charge in [0, 0.05) is 21.8 Å². The van der Waals surface area contributed by atoms with E-state index < -0.39 is 0 Å². The number of aromatic hydroxyl groups is 1. The second kappa shape index (κ2) is 7.97. The van der Waals surface area contributed by atoms with Gasteiger partial charge in [-0.15, -0.1) is 0 Å². The molecule has 0 saturated heterocycles. The lowest BCUT2D eigenvalue weighted by atomic mass is 10.1. The summed E-state index contributed by atoms with van der Waals surface area (Å²) in [5.41, 5.74) is 3.42. The molecule has 4 nitrogen and oxygen atoms in total. The molecule has 2 N–H and O–H groups in total. The number of aryl methyl sites for hydroxylation is 1. The lowest BCUT2D eigenvalue weighted by molar-refractivity contribution is 0.102. The van der Waals surface area contributed by atoms with Crippen molar-refractivity contribution >= 4 is 39.4 Å². The van der Waals surface area contributed by atoms with Gasteiger partial charge in [-0.1, -0.05) is 30.3 Å². The van der Waals surface area contributed by atoms with Gasteiger partial charge in [0.05, 0.1) is 11.4 Å². The summed E-state index contributed by atoms with van der Waals surface area (Å²) in [6.45, 7) is 1.84. The van der Waals surface area contributed by atoms with Gasteiger partial charge in [-0.2, -0.15) is 0 Å². The van der Waals surface area contributed by atoms with Crippen molar-refractivity contribution in [1.29, 1.82) is 0 Å². The Morgan fingerprint density at radius 3 is 2.58 bits per heavy atom. The Hall–Kier alpha value is -2.92. The maximum absolute atomic E-state index is 12.2. The van der Waals surface area contributed by atoms with E-state index in [0.29, 0.717) is 22.5 Å². The summed E-state index contributed by atoms with van der Waals surface area (Å²) in [6.07, 6.45) is 1.62. The third-order valence-corrected chi connectivity index (χ3v) is 4.51. The van der Waals surface area contributed by atoms with E-state index in [1.165, 1.54) is 0 Å². The molecular weight excluding hydrogens is 392 g/mol. The first-order valence-electron chi connectivity index (χ1n) is 8.03. The van der Waals surface area contributed by atoms with Crippen molar-refractivity contribution in [2.75, 3.05) is 5.32 Å². The average molecular weight is 409 g/mol. The summed E-state index contributed by atoms with van der Waals surface area (Å²) in [5, 5.41) is 12.9. The Labute approximate surface area is 160 Å². The fourth-order valence-corrected chi connectivity index (χ4v) is 2.87. The maximum Gasteiger partial charge on any atom is 0.255 e. The maximum atomic E-state index is 12.2. The fourth-order valence-electron chi connectivity index (χ4n) is 2.40. The highest BCUT2D eigenvalue weighted by molar-refractivity contribution is 9.10. The van der Waals surface area contributed by atoms with E-state index in [1.54, 1.807) is 36.5 Å². The van der Waals surface area contributed by atoms with Gasteiger partial charge < -0.3 is 10.4 Å². The number of carbonyl (C=O) groups is 1. The molecule has 0 heterocycles. The minimum absolute atomic E-state index is 0.174. The second-order valence-corrected chi connectivity index (χ2v) is 6.61. The molecule has 1 amide bonds. The molecule has 0 radical (unpaired) electrons. The van der Waals surface area contributed by atoms with Crippen molar-refractivity contribution in [1.82, 2.24) is 0 Å². The molecule has 0 aliphatic heterocycles. The molecule has 0 fully saturated rings. The van der Waals surface area contributed by atoms with Gasteiger partial charge in [-0.3, -0.25) is 9.79 Å². The smallest absolute Gasteiger partial charge is 0.255 e. The lowest BCUT2D eigenvalue weighted by Crippen LogP contribution is -2.11. The number of aliphatic imine (C=N–C) groups is 1. The van der Waals surface area contributed by atoms with Crippen LogP contribution in [0.2, 0.25) is 0 Å². The first kappa shape index (κ1) is 17.9. The van der Waals surface area contributed by atoms with Crippen LogP contribution in [0.25, 0.3) is 0 Å². The molecule has 0 aliphatic rings. The third-order valence-electron chi connectivity index (χ3n) is 3.86. The lowest BCUT2D eigenvalue weighted by Gasteiger charge is -2.08. The van der Waals surface area contributed by atoms with Crippen LogP contribution in [0.1, 0.15) is 21.5 Å². The van der Waals surface area contributed by atoms with Crippen LogP contribution in [0.3, 0.4) is 0 Å². The van der Waals surface area contributed by atoms with Crippen LogP contribution >= 0.6 is 15.9 Å². The van der Waals surface area contributed by atoms with Crippen LogP contribution in [0.4, 0.5) is 11.4 Å². The SMILES string of the molecule is Cc1cccc(C=Nc2ccc(NC(=O)c3ccccc3)c(Br)c2)c1O. The largest absolute Gasteiger partial charge is 0.507 e. The van der Waals surface area contributed by atoms with Gasteiger partial charge in [-0.25, -0.2) is 0 Å². The van der Waals surface area contributed by atoms with Gasteiger partial charge in [0.25, 0.3) is 5.91 Å². The van der Waals surface area contributed by atoms with E-state index in [4.69, 9.17) is 0 Å². The molecule has 130 valence electrons. The van der Waals surface area contributed by atoms with Crippen LogP contribution in [-0.2, 0) is 0 Å². The first-order chi connectivity index (χ1) is 12.5. The topological polar surface area (TPSA) is 61.7 Å². The molecule has 0 aromatic heterocycles. The number of anilines is 1. The standard InChI is InChI=1S/C21H17BrN2O2/c1-14-6-5-9-16(20(14)25)13-23-17-10-11-19(18(22)12-17)24-21(26)15-7-3-2-4-8-15/h2-13,25H,1H3,(H,24,26). The van der Waals surface area contributed by atoms with E-state index in [-0.39, 0.29) is 11.7 Å². The number of para-hydroxylation sites is 1. The number of nitrogens with zero attached hydrogens (tertiary/aromatic N) is 1. The van der Waals surface area contributed by atoms with Crippen molar-refractivity contribution in [2.45, 2.75) is 6.92 Å². The summed E-state index contributed by atoms with van der Waals surface area (Å²) in [7, 11) is 0. The minimum atomic E-state index is -0.174. The van der Waals surface area contributed by atoms with Crippen LogP contribution in [0, 0.1) is 6.92 Å². The number of nitrogens with one attached hydrogen (secondary N) is 1.